The Morgan fingerprint density at radius 3 is 2.74 bits per heavy atom. The number of ether oxygens (including phenoxy) is 4. The molecule has 0 bridgehead atoms. The summed E-state index contributed by atoms with van der Waals surface area (Å²) in [6.45, 7) is 10.8. The van der Waals surface area contributed by atoms with Crippen molar-refractivity contribution in [2.45, 2.75) is 63.9 Å². The third kappa shape index (κ3) is 3.09. The van der Waals surface area contributed by atoms with Crippen molar-refractivity contribution in [1.29, 1.82) is 0 Å². The summed E-state index contributed by atoms with van der Waals surface area (Å²) < 4.78 is 23.6. The lowest BCUT2D eigenvalue weighted by atomic mass is 9.53. The molecule has 0 N–H and O–H groups in total. The topological polar surface area (TPSA) is 63.8 Å². The van der Waals surface area contributed by atoms with E-state index in [2.05, 4.69) is 35.8 Å². The van der Waals surface area contributed by atoms with Crippen molar-refractivity contribution < 1.29 is 23.7 Å². The van der Waals surface area contributed by atoms with Crippen LogP contribution in [0.4, 0.5) is 0 Å². The number of carbonyl (C=O) groups is 1. The van der Waals surface area contributed by atoms with Crippen molar-refractivity contribution >= 4 is 5.97 Å². The zero-order chi connectivity index (χ0) is 23.1. The molecule has 2 saturated carbocycles. The van der Waals surface area contributed by atoms with E-state index in [4.69, 9.17) is 18.9 Å². The molecule has 7 rings (SSSR count). The smallest absolute Gasteiger partial charge is 0.311 e. The molecule has 0 aromatic heterocycles. The van der Waals surface area contributed by atoms with E-state index in [0.29, 0.717) is 12.7 Å². The molecule has 7 atom stereocenters. The first-order valence-corrected chi connectivity index (χ1v) is 13.2. The number of epoxide rings is 1. The van der Waals surface area contributed by atoms with Crippen LogP contribution >= 0.6 is 0 Å². The van der Waals surface area contributed by atoms with Crippen molar-refractivity contribution in [3.63, 3.8) is 0 Å². The van der Waals surface area contributed by atoms with Gasteiger partial charge in [-0.15, -0.1) is 0 Å². The van der Waals surface area contributed by atoms with Crippen molar-refractivity contribution in [2.24, 2.45) is 23.2 Å². The number of esters is 1. The fraction of sp³-hybridized carbons (Fsp3) is 0.741. The first kappa shape index (κ1) is 21.5. The molecule has 4 heterocycles. The van der Waals surface area contributed by atoms with Gasteiger partial charge in [-0.1, -0.05) is 26.3 Å². The molecule has 0 unspecified atom stereocenters. The first-order valence-electron chi connectivity index (χ1n) is 13.2. The molecule has 0 amide bonds. The Morgan fingerprint density at radius 2 is 1.88 bits per heavy atom. The highest BCUT2D eigenvalue weighted by Crippen LogP contribution is 2.70. The summed E-state index contributed by atoms with van der Waals surface area (Å²) in [6, 6.07) is 6.23. The Balaban J connectivity index is 0.989. The van der Waals surface area contributed by atoms with Crippen LogP contribution in [0.25, 0.3) is 0 Å². The normalized spacial score (nSPS) is 43.1. The summed E-state index contributed by atoms with van der Waals surface area (Å²) in [4.78, 5) is 18.0. The predicted octanol–water partition coefficient (Wildman–Crippen LogP) is 3.06. The average molecular weight is 469 g/mol. The van der Waals surface area contributed by atoms with Crippen LogP contribution in [-0.4, -0.2) is 73.1 Å². The molecule has 7 nitrogen and oxygen atoms in total. The van der Waals surface area contributed by atoms with E-state index < -0.39 is 0 Å². The van der Waals surface area contributed by atoms with Gasteiger partial charge in [0.2, 0.25) is 6.79 Å². The van der Waals surface area contributed by atoms with Gasteiger partial charge < -0.3 is 18.9 Å². The number of piperazine rings is 1. The van der Waals surface area contributed by atoms with Crippen molar-refractivity contribution in [3.8, 4) is 11.5 Å². The second-order valence-corrected chi connectivity index (χ2v) is 11.8. The van der Waals surface area contributed by atoms with E-state index in [1.807, 2.05) is 6.07 Å². The SMILES string of the molecule is C[C@@H]1CCC[C@@]2(C)C[C@H]3OC(=O)[C@@H](CN4CCN(Cc5ccc6c(c5)OCO6)CC4)[C@@H]3[C@@H]3O[C@]132. The van der Waals surface area contributed by atoms with Gasteiger partial charge in [0.25, 0.3) is 0 Å². The monoisotopic (exact) mass is 468 g/mol. The second kappa shape index (κ2) is 7.58. The molecule has 1 aromatic carbocycles. The lowest BCUT2D eigenvalue weighted by Crippen LogP contribution is -2.55. The van der Waals surface area contributed by atoms with Gasteiger partial charge >= 0.3 is 5.97 Å². The molecule has 0 radical (unpaired) electrons. The highest BCUT2D eigenvalue weighted by molar-refractivity contribution is 5.76. The maximum atomic E-state index is 13.0. The Bertz CT molecular complexity index is 993. The van der Waals surface area contributed by atoms with Gasteiger partial charge in [0, 0.05) is 50.6 Å². The highest BCUT2D eigenvalue weighted by atomic mass is 16.7. The standard InChI is InChI=1S/C27H36N2O5/c1-17-4-3-7-26(2)13-22-23(24-27(17,26)34-24)19(25(30)33-22)15-29-10-8-28(9-11-29)14-18-5-6-20-21(12-18)32-16-31-20/h5-6,12,17,19,22-24H,3-4,7-11,13-16H2,1-2H3/t17-,19+,22-,23+,24+,26+,27-/m1/s1. The average Bonchev–Trinajstić information content (AvgIpc) is 3.28. The molecular weight excluding hydrogens is 432 g/mol. The van der Waals surface area contributed by atoms with Gasteiger partial charge in [-0.25, -0.2) is 0 Å². The third-order valence-electron chi connectivity index (χ3n) is 9.96. The van der Waals surface area contributed by atoms with Crippen LogP contribution in [0.1, 0.15) is 45.1 Å². The van der Waals surface area contributed by atoms with E-state index in [9.17, 15) is 4.79 Å². The fourth-order valence-corrected chi connectivity index (χ4v) is 8.15. The summed E-state index contributed by atoms with van der Waals surface area (Å²) in [5.74, 6) is 2.46. The van der Waals surface area contributed by atoms with Gasteiger partial charge in [0.1, 0.15) is 11.7 Å². The fourth-order valence-electron chi connectivity index (χ4n) is 8.15. The maximum absolute atomic E-state index is 13.0. The van der Waals surface area contributed by atoms with Gasteiger partial charge in [-0.3, -0.25) is 14.6 Å². The third-order valence-corrected chi connectivity index (χ3v) is 9.96. The quantitative estimate of drug-likeness (QED) is 0.497. The highest BCUT2D eigenvalue weighted by Gasteiger charge is 2.78. The summed E-state index contributed by atoms with van der Waals surface area (Å²) in [6.07, 6.45) is 4.93. The first-order chi connectivity index (χ1) is 16.5. The van der Waals surface area contributed by atoms with Crippen molar-refractivity contribution in [3.05, 3.63) is 23.8 Å². The number of carbonyl (C=O) groups excluding carboxylic acids is 1. The minimum atomic E-state index is -0.0477. The molecule has 3 saturated heterocycles. The Kier molecular flexibility index (Phi) is 4.78. The molecule has 1 spiro atoms. The maximum Gasteiger partial charge on any atom is 0.311 e. The van der Waals surface area contributed by atoms with E-state index >= 15 is 0 Å². The number of fused-ring (bicyclic) bond motifs is 3. The molecule has 1 aromatic rings. The molecule has 34 heavy (non-hydrogen) atoms. The van der Waals surface area contributed by atoms with Crippen LogP contribution in [0.2, 0.25) is 0 Å². The van der Waals surface area contributed by atoms with Crippen LogP contribution in [0, 0.1) is 23.2 Å². The number of benzene rings is 1. The predicted molar refractivity (Wildman–Crippen MR) is 124 cm³/mol. The summed E-state index contributed by atoms with van der Waals surface area (Å²) in [5.41, 5.74) is 1.40. The molecule has 184 valence electrons. The van der Waals surface area contributed by atoms with E-state index in [-0.39, 0.29) is 41.0 Å². The Hall–Kier alpha value is -1.83. The number of hydrogen-bond acceptors (Lipinski definition) is 7. The van der Waals surface area contributed by atoms with Gasteiger partial charge in [0.15, 0.2) is 11.5 Å². The van der Waals surface area contributed by atoms with Crippen LogP contribution in [0.5, 0.6) is 11.5 Å². The van der Waals surface area contributed by atoms with Crippen LogP contribution < -0.4 is 9.47 Å². The minimum absolute atomic E-state index is 0.0119. The van der Waals surface area contributed by atoms with Crippen LogP contribution in [-0.2, 0) is 20.8 Å². The van der Waals surface area contributed by atoms with E-state index in [1.165, 1.54) is 24.8 Å². The molecule has 6 aliphatic rings. The number of nitrogens with zero attached hydrogens (tertiary/aromatic N) is 2. The lowest BCUT2D eigenvalue weighted by Gasteiger charge is -2.49. The minimum Gasteiger partial charge on any atom is -0.462 e. The second-order valence-electron chi connectivity index (χ2n) is 11.8. The molecular formula is C27H36N2O5. The summed E-state index contributed by atoms with van der Waals surface area (Å²) in [7, 11) is 0. The largest absolute Gasteiger partial charge is 0.462 e. The number of rotatable bonds is 4. The molecule has 5 fully saturated rings. The lowest BCUT2D eigenvalue weighted by molar-refractivity contribution is -0.146. The van der Waals surface area contributed by atoms with Crippen molar-refractivity contribution in [2.75, 3.05) is 39.5 Å². The van der Waals surface area contributed by atoms with Crippen LogP contribution in [0.15, 0.2) is 18.2 Å². The van der Waals surface area contributed by atoms with Crippen LogP contribution in [0.3, 0.4) is 0 Å². The summed E-state index contributed by atoms with van der Waals surface area (Å²) in [5, 5.41) is 0. The molecule has 2 aliphatic carbocycles. The molecule has 7 heteroatoms. The van der Waals surface area contributed by atoms with Gasteiger partial charge in [0.05, 0.1) is 12.0 Å². The molecule has 4 aliphatic heterocycles. The Morgan fingerprint density at radius 1 is 1.09 bits per heavy atom. The van der Waals surface area contributed by atoms with E-state index in [1.54, 1.807) is 0 Å². The zero-order valence-electron chi connectivity index (χ0n) is 20.3. The zero-order valence-corrected chi connectivity index (χ0v) is 20.3. The Labute approximate surface area is 201 Å². The van der Waals surface area contributed by atoms with Crippen molar-refractivity contribution in [1.82, 2.24) is 9.80 Å². The summed E-state index contributed by atoms with van der Waals surface area (Å²) >= 11 is 0. The van der Waals surface area contributed by atoms with Gasteiger partial charge in [-0.05, 0) is 42.9 Å². The van der Waals surface area contributed by atoms with E-state index in [0.717, 1.165) is 57.2 Å². The number of hydrogen-bond donors (Lipinski definition) is 0. The van der Waals surface area contributed by atoms with Gasteiger partial charge in [-0.2, -0.15) is 0 Å².